The monoisotopic (exact) mass is 1080 g/mol. The zero-order valence-corrected chi connectivity index (χ0v) is 54.2. The summed E-state index contributed by atoms with van der Waals surface area (Å²) in [5.41, 5.74) is 0.920. The lowest BCUT2D eigenvalue weighted by atomic mass is 9.91. The van der Waals surface area contributed by atoms with Crippen molar-refractivity contribution in [3.05, 3.63) is 17.7 Å². The Labute approximate surface area is 480 Å². The van der Waals surface area contributed by atoms with Gasteiger partial charge in [-0.2, -0.15) is 0 Å². The van der Waals surface area contributed by atoms with E-state index in [0.717, 1.165) is 84.4 Å². The Hall–Kier alpha value is -2.24. The van der Waals surface area contributed by atoms with Gasteiger partial charge in [-0.25, -0.2) is 0 Å². The fourth-order valence-corrected chi connectivity index (χ4v) is 11.5. The van der Waals surface area contributed by atoms with Crippen molar-refractivity contribution < 1.29 is 23.8 Å². The Morgan fingerprint density at radius 2 is 0.623 bits per heavy atom. The molecule has 0 fully saturated rings. The highest BCUT2D eigenvalue weighted by Crippen LogP contribution is 2.40. The van der Waals surface area contributed by atoms with Gasteiger partial charge in [-0.05, 0) is 108 Å². The predicted molar refractivity (Wildman–Crippen MR) is 336 cm³/mol. The summed E-state index contributed by atoms with van der Waals surface area (Å²) in [6.07, 6.45) is 40.1. The van der Waals surface area contributed by atoms with Crippen molar-refractivity contribution in [3.8, 4) is 17.2 Å². The van der Waals surface area contributed by atoms with Crippen LogP contribution in [0.4, 0.5) is 0 Å². The molecule has 0 radical (unpaired) electrons. The quantitative estimate of drug-likeness (QED) is 0.0658. The zero-order chi connectivity index (χ0) is 57.2. The Balaban J connectivity index is 3.00. The molecule has 9 atom stereocenters. The van der Waals surface area contributed by atoms with Crippen LogP contribution in [0.15, 0.2) is 12.1 Å². The molecule has 1 amide bonds. The molecular formula is C71H133NO5. The Bertz CT molecular complexity index is 1470. The zero-order valence-electron chi connectivity index (χ0n) is 54.2. The third-order valence-corrected chi connectivity index (χ3v) is 17.5. The van der Waals surface area contributed by atoms with Crippen LogP contribution in [-0.2, 0) is 16.1 Å². The first-order valence-corrected chi connectivity index (χ1v) is 33.5. The largest absolute Gasteiger partial charge is 0.490 e. The van der Waals surface area contributed by atoms with Crippen LogP contribution in [0.2, 0.25) is 0 Å². The third-order valence-electron chi connectivity index (χ3n) is 17.5. The number of ether oxygens (including phenoxy) is 3. The minimum atomic E-state index is -0.127. The van der Waals surface area contributed by atoms with Crippen molar-refractivity contribution in [2.24, 2.45) is 71.0 Å². The Morgan fingerprint density at radius 1 is 0.377 bits per heavy atom. The molecule has 0 aliphatic carbocycles. The highest BCUT2D eigenvalue weighted by molar-refractivity contribution is 5.78. The lowest BCUT2D eigenvalue weighted by Crippen LogP contribution is -2.22. The van der Waals surface area contributed by atoms with E-state index in [4.69, 9.17) is 14.2 Å². The molecule has 3 unspecified atom stereocenters. The van der Waals surface area contributed by atoms with Gasteiger partial charge in [0.2, 0.25) is 11.7 Å². The molecule has 0 saturated heterocycles. The summed E-state index contributed by atoms with van der Waals surface area (Å²) in [4.78, 5) is 23.8. The molecule has 77 heavy (non-hydrogen) atoms. The molecule has 1 rings (SSSR count). The van der Waals surface area contributed by atoms with Gasteiger partial charge in [-0.3, -0.25) is 4.79 Å². The SMILES string of the molecule is CC(C)CCC[C@@H](C)CCC[C@@H](C)CCCC(C)CCOc1cc(CNC(=O)CCC=O)cc(OCCC(C)CCC[C@H](C)CCC[C@H](C)CCCC(C)C)c1OCCC(C)CCC[C@H](C)CCC[C@H](C)CCCC(C)C. The van der Waals surface area contributed by atoms with Crippen LogP contribution in [0.5, 0.6) is 17.2 Å². The maximum Gasteiger partial charge on any atom is 0.220 e. The van der Waals surface area contributed by atoms with Gasteiger partial charge in [0.1, 0.15) is 6.29 Å². The number of nitrogens with one attached hydrogen (secondary N) is 1. The lowest BCUT2D eigenvalue weighted by molar-refractivity contribution is -0.122. The number of aldehydes is 1. The molecule has 0 aliphatic rings. The van der Waals surface area contributed by atoms with E-state index >= 15 is 0 Å². The number of carbonyl (C=O) groups excluding carboxylic acids is 2. The number of amides is 1. The second-order valence-corrected chi connectivity index (χ2v) is 27.8. The topological polar surface area (TPSA) is 73.9 Å². The predicted octanol–water partition coefficient (Wildman–Crippen LogP) is 21.8. The van der Waals surface area contributed by atoms with Gasteiger partial charge in [0.05, 0.1) is 19.8 Å². The average Bonchev–Trinajstić information content (AvgIpc) is 3.35. The van der Waals surface area contributed by atoms with E-state index in [1.54, 1.807) is 0 Å². The molecular weight excluding hydrogens is 947 g/mol. The highest BCUT2D eigenvalue weighted by Gasteiger charge is 2.19. The number of carbonyl (C=O) groups is 2. The van der Waals surface area contributed by atoms with Crippen LogP contribution in [0.1, 0.15) is 315 Å². The molecule has 6 nitrogen and oxygen atoms in total. The molecule has 0 spiro atoms. The van der Waals surface area contributed by atoms with E-state index < -0.39 is 0 Å². The van der Waals surface area contributed by atoms with Crippen molar-refractivity contribution in [1.29, 1.82) is 0 Å². The van der Waals surface area contributed by atoms with Gasteiger partial charge in [0.25, 0.3) is 0 Å². The Kier molecular flexibility index (Phi) is 43.8. The molecule has 452 valence electrons. The normalized spacial score (nSPS) is 15.5. The Morgan fingerprint density at radius 3 is 0.883 bits per heavy atom. The first-order valence-electron chi connectivity index (χ1n) is 33.5. The fraction of sp³-hybridized carbons (Fsp3) is 0.887. The van der Waals surface area contributed by atoms with Crippen molar-refractivity contribution in [2.45, 2.75) is 316 Å². The number of rotatable bonds is 53. The fourth-order valence-electron chi connectivity index (χ4n) is 11.5. The van der Waals surface area contributed by atoms with Gasteiger partial charge >= 0.3 is 0 Å². The van der Waals surface area contributed by atoms with E-state index in [1.165, 1.54) is 173 Å². The minimum Gasteiger partial charge on any atom is -0.490 e. The lowest BCUT2D eigenvalue weighted by Gasteiger charge is -2.21. The van der Waals surface area contributed by atoms with Crippen molar-refractivity contribution >= 4 is 12.2 Å². The number of benzene rings is 1. The van der Waals surface area contributed by atoms with E-state index in [1.807, 2.05) is 12.1 Å². The summed E-state index contributed by atoms with van der Waals surface area (Å²) in [7, 11) is 0. The van der Waals surface area contributed by atoms with Crippen molar-refractivity contribution in [1.82, 2.24) is 5.32 Å². The van der Waals surface area contributed by atoms with Gasteiger partial charge in [-0.15, -0.1) is 0 Å². The first-order chi connectivity index (χ1) is 36.8. The molecule has 1 aromatic rings. The second-order valence-electron chi connectivity index (χ2n) is 27.8. The molecule has 0 aliphatic heterocycles. The number of hydrogen-bond acceptors (Lipinski definition) is 5. The van der Waals surface area contributed by atoms with E-state index in [0.29, 0.717) is 61.4 Å². The van der Waals surface area contributed by atoms with E-state index in [9.17, 15) is 9.59 Å². The molecule has 0 heterocycles. The summed E-state index contributed by atoms with van der Waals surface area (Å²) in [5, 5.41) is 3.04. The molecule has 1 N–H and O–H groups in total. The summed E-state index contributed by atoms with van der Waals surface area (Å²) in [6.45, 7) is 38.1. The van der Waals surface area contributed by atoms with Crippen LogP contribution < -0.4 is 19.5 Å². The number of hydrogen-bond donors (Lipinski definition) is 1. The summed E-state index contributed by atoms with van der Waals surface area (Å²) in [6, 6.07) is 4.10. The molecule has 1 aromatic carbocycles. The molecule has 0 aromatic heterocycles. The van der Waals surface area contributed by atoms with Crippen LogP contribution in [0.25, 0.3) is 0 Å². The van der Waals surface area contributed by atoms with Gasteiger partial charge in [0.15, 0.2) is 11.5 Å². The van der Waals surface area contributed by atoms with E-state index in [-0.39, 0.29) is 18.7 Å². The van der Waals surface area contributed by atoms with Gasteiger partial charge in [0, 0.05) is 19.4 Å². The standard InChI is InChI=1S/C71H133NO5/c1-55(2)26-16-29-58(7)32-19-35-61(10)38-22-41-64(13)45-49-75-68-52-67(54-72-70(74)44-25-48-73)53-69(76-50-46-65(14)42-23-39-62(11)36-20-33-59(8)30-17-27-56(3)4)71(68)77-51-47-66(15)43-24-40-63(12)37-21-34-60(9)31-18-28-57(5)6/h48,52-53,55-66H,16-47,49-51,54H2,1-15H3,(H,72,74)/t58-,59-,60-,61-,62-,63-,64?,65?,66?/m1/s1. The third kappa shape index (κ3) is 42.3. The maximum absolute atomic E-state index is 12.7. The van der Waals surface area contributed by atoms with Gasteiger partial charge < -0.3 is 24.3 Å². The van der Waals surface area contributed by atoms with Crippen molar-refractivity contribution in [3.63, 3.8) is 0 Å². The van der Waals surface area contributed by atoms with Crippen LogP contribution in [-0.4, -0.2) is 32.0 Å². The average molecular weight is 1080 g/mol. The van der Waals surface area contributed by atoms with Crippen LogP contribution in [0, 0.1) is 71.0 Å². The first kappa shape index (κ1) is 72.8. The van der Waals surface area contributed by atoms with Crippen LogP contribution in [0.3, 0.4) is 0 Å². The smallest absolute Gasteiger partial charge is 0.220 e. The minimum absolute atomic E-state index is 0.127. The summed E-state index contributed by atoms with van der Waals surface area (Å²) >= 11 is 0. The van der Waals surface area contributed by atoms with Crippen molar-refractivity contribution in [2.75, 3.05) is 19.8 Å². The highest BCUT2D eigenvalue weighted by atomic mass is 16.5. The van der Waals surface area contributed by atoms with E-state index in [2.05, 4.69) is 109 Å². The summed E-state index contributed by atoms with van der Waals surface area (Å²) < 4.78 is 20.3. The van der Waals surface area contributed by atoms with Crippen LogP contribution >= 0.6 is 0 Å². The van der Waals surface area contributed by atoms with Gasteiger partial charge in [-0.1, -0.05) is 277 Å². The second kappa shape index (κ2) is 46.4. The molecule has 0 bridgehead atoms. The maximum atomic E-state index is 12.7. The molecule has 0 saturated carbocycles. The molecule has 6 heteroatoms. The summed E-state index contributed by atoms with van der Waals surface area (Å²) in [5.74, 6) is 11.0.